The molecule has 0 radical (unpaired) electrons. The molecule has 2 fully saturated rings. The van der Waals surface area contributed by atoms with Crippen LogP contribution in [0.25, 0.3) is 5.69 Å². The number of methoxy groups -OCH3 is 1. The summed E-state index contributed by atoms with van der Waals surface area (Å²) in [4.78, 5) is 18.4. The van der Waals surface area contributed by atoms with Crippen molar-refractivity contribution in [3.8, 4) is 11.4 Å². The van der Waals surface area contributed by atoms with Crippen LogP contribution in [0.15, 0.2) is 60.9 Å². The largest absolute Gasteiger partial charge is 0.496 e. The lowest BCUT2D eigenvalue weighted by Crippen LogP contribution is -2.50. The monoisotopic (exact) mass is 499 g/mol. The van der Waals surface area contributed by atoms with Crippen molar-refractivity contribution in [3.63, 3.8) is 0 Å². The second-order valence-electron chi connectivity index (χ2n) is 9.52. The number of carbonyl (C=O) groups is 1. The van der Waals surface area contributed by atoms with E-state index in [9.17, 15) is 18.0 Å². The molecule has 2 saturated heterocycles. The van der Waals surface area contributed by atoms with Gasteiger partial charge in [-0.05, 0) is 43.0 Å². The quantitative estimate of drug-likeness (QED) is 0.496. The number of aromatic nitrogens is 2. The number of hydrogen-bond acceptors (Lipinski definition) is 4. The molecule has 0 unspecified atom stereocenters. The van der Waals surface area contributed by atoms with Crippen LogP contribution in [0, 0.1) is 0 Å². The molecule has 2 aliphatic heterocycles. The van der Waals surface area contributed by atoms with Crippen LogP contribution in [0.3, 0.4) is 0 Å². The van der Waals surface area contributed by atoms with Gasteiger partial charge in [-0.1, -0.05) is 30.3 Å². The summed E-state index contributed by atoms with van der Waals surface area (Å²) in [6.45, 7) is 1.62. The molecule has 1 spiro atoms. The van der Waals surface area contributed by atoms with E-state index < -0.39 is 17.6 Å². The average Bonchev–Trinajstić information content (AvgIpc) is 3.52. The van der Waals surface area contributed by atoms with Crippen molar-refractivity contribution in [1.82, 2.24) is 14.5 Å². The van der Waals surface area contributed by atoms with Crippen molar-refractivity contribution >= 4 is 5.91 Å². The maximum atomic E-state index is 13.4. The summed E-state index contributed by atoms with van der Waals surface area (Å²) < 4.78 is 53.2. The third kappa shape index (κ3) is 4.84. The third-order valence-electron chi connectivity index (χ3n) is 7.13. The number of likely N-dealkylation sites (tertiary alicyclic amines) is 1. The summed E-state index contributed by atoms with van der Waals surface area (Å²) >= 11 is 0. The van der Waals surface area contributed by atoms with E-state index in [1.165, 1.54) is 6.20 Å². The lowest BCUT2D eigenvalue weighted by Gasteiger charge is -2.40. The van der Waals surface area contributed by atoms with E-state index >= 15 is 0 Å². The molecule has 6 nitrogen and oxygen atoms in total. The van der Waals surface area contributed by atoms with Crippen molar-refractivity contribution < 1.29 is 27.4 Å². The SMILES string of the molecule is COc1ccc(-n2ccnc2C(F)(F)F)cc1[C@@H]1CO[C@]2(CCCN(C(=O)Cc3ccccc3)C2)C1. The highest BCUT2D eigenvalue weighted by Crippen LogP contribution is 2.45. The number of nitrogens with zero attached hydrogens (tertiary/aromatic N) is 3. The fourth-order valence-corrected chi connectivity index (χ4v) is 5.43. The normalized spacial score (nSPS) is 22.2. The minimum Gasteiger partial charge on any atom is -0.496 e. The minimum absolute atomic E-state index is 0.0677. The number of alkyl halides is 3. The van der Waals surface area contributed by atoms with Crippen LogP contribution in [0.4, 0.5) is 13.2 Å². The Hall–Kier alpha value is -3.33. The van der Waals surface area contributed by atoms with Gasteiger partial charge >= 0.3 is 6.18 Å². The van der Waals surface area contributed by atoms with Crippen LogP contribution < -0.4 is 4.74 Å². The van der Waals surface area contributed by atoms with E-state index in [4.69, 9.17) is 9.47 Å². The first-order valence-corrected chi connectivity index (χ1v) is 12.0. The van der Waals surface area contributed by atoms with Gasteiger partial charge in [0.05, 0.1) is 25.7 Å². The molecule has 190 valence electrons. The van der Waals surface area contributed by atoms with E-state index in [-0.39, 0.29) is 11.8 Å². The van der Waals surface area contributed by atoms with Crippen molar-refractivity contribution in [3.05, 3.63) is 77.9 Å². The zero-order valence-corrected chi connectivity index (χ0v) is 20.0. The van der Waals surface area contributed by atoms with Crippen LogP contribution in [-0.2, 0) is 22.1 Å². The van der Waals surface area contributed by atoms with Gasteiger partial charge in [-0.3, -0.25) is 9.36 Å². The predicted octanol–water partition coefficient (Wildman–Crippen LogP) is 5.01. The van der Waals surface area contributed by atoms with E-state index in [0.29, 0.717) is 44.0 Å². The van der Waals surface area contributed by atoms with Crippen LogP contribution >= 0.6 is 0 Å². The summed E-state index contributed by atoms with van der Waals surface area (Å²) in [7, 11) is 1.55. The molecule has 5 rings (SSSR count). The Morgan fingerprint density at radius 3 is 2.78 bits per heavy atom. The number of imidazole rings is 1. The second kappa shape index (κ2) is 9.61. The van der Waals surface area contributed by atoms with Crippen molar-refractivity contribution in [2.75, 3.05) is 26.8 Å². The van der Waals surface area contributed by atoms with E-state index in [0.717, 1.165) is 34.7 Å². The van der Waals surface area contributed by atoms with E-state index in [2.05, 4.69) is 4.98 Å². The minimum atomic E-state index is -4.57. The molecule has 9 heteroatoms. The number of piperidine rings is 1. The highest BCUT2D eigenvalue weighted by Gasteiger charge is 2.45. The molecular formula is C27H28F3N3O3. The highest BCUT2D eigenvalue weighted by atomic mass is 19.4. The fourth-order valence-electron chi connectivity index (χ4n) is 5.43. The molecule has 2 aliphatic rings. The van der Waals surface area contributed by atoms with Gasteiger partial charge in [-0.15, -0.1) is 0 Å². The summed E-state index contributed by atoms with van der Waals surface area (Å²) in [6, 6.07) is 14.7. The molecule has 0 N–H and O–H groups in total. The van der Waals surface area contributed by atoms with Gasteiger partial charge in [-0.2, -0.15) is 13.2 Å². The maximum absolute atomic E-state index is 13.4. The first kappa shape index (κ1) is 24.4. The standard InChI is InChI=1S/C27H28F3N3O3/c1-35-23-9-8-21(33-13-11-31-25(33)27(28,29)30)15-22(23)20-16-26(36-17-20)10-5-12-32(18-26)24(34)14-19-6-3-2-4-7-19/h2-4,6-9,11,13,15,20H,5,10,12,14,16-18H2,1H3/t20-,26+/m0/s1. The Bertz CT molecular complexity index is 1230. The van der Waals surface area contributed by atoms with Crippen LogP contribution in [0.2, 0.25) is 0 Å². The average molecular weight is 500 g/mol. The molecule has 1 aromatic heterocycles. The molecule has 0 aliphatic carbocycles. The molecule has 3 aromatic rings. The number of rotatable bonds is 5. The summed E-state index contributed by atoms with van der Waals surface area (Å²) in [5, 5.41) is 0. The zero-order valence-electron chi connectivity index (χ0n) is 20.0. The predicted molar refractivity (Wildman–Crippen MR) is 127 cm³/mol. The Morgan fingerprint density at radius 1 is 1.22 bits per heavy atom. The number of hydrogen-bond donors (Lipinski definition) is 0. The van der Waals surface area contributed by atoms with E-state index in [1.54, 1.807) is 25.3 Å². The molecular weight excluding hydrogens is 471 g/mol. The van der Waals surface area contributed by atoms with Crippen LogP contribution in [0.5, 0.6) is 5.75 Å². The zero-order chi connectivity index (χ0) is 25.3. The summed E-state index contributed by atoms with van der Waals surface area (Å²) in [6.07, 6.45) is 0.569. The molecule has 0 saturated carbocycles. The lowest BCUT2D eigenvalue weighted by atomic mass is 9.83. The molecule has 2 atom stereocenters. The van der Waals surface area contributed by atoms with Crippen molar-refractivity contribution in [1.29, 1.82) is 0 Å². The number of halogens is 3. The summed E-state index contributed by atoms with van der Waals surface area (Å²) in [5.74, 6) is -0.364. The maximum Gasteiger partial charge on any atom is 0.450 e. The first-order valence-electron chi connectivity index (χ1n) is 12.0. The number of ether oxygens (including phenoxy) is 2. The van der Waals surface area contributed by atoms with E-state index in [1.807, 2.05) is 35.2 Å². The van der Waals surface area contributed by atoms with Gasteiger partial charge in [0.1, 0.15) is 5.75 Å². The van der Waals surface area contributed by atoms with Crippen molar-refractivity contribution in [2.24, 2.45) is 0 Å². The van der Waals surface area contributed by atoms with Gasteiger partial charge in [0.25, 0.3) is 0 Å². The van der Waals surface area contributed by atoms with Gasteiger partial charge in [-0.25, -0.2) is 4.98 Å². The Labute approximate surface area is 207 Å². The smallest absolute Gasteiger partial charge is 0.450 e. The Balaban J connectivity index is 1.35. The van der Waals surface area contributed by atoms with Gasteiger partial charge in [0, 0.05) is 42.7 Å². The molecule has 1 amide bonds. The van der Waals surface area contributed by atoms with Crippen LogP contribution in [-0.4, -0.2) is 52.8 Å². The van der Waals surface area contributed by atoms with Crippen LogP contribution in [0.1, 0.15) is 42.1 Å². The lowest BCUT2D eigenvalue weighted by molar-refractivity contribution is -0.146. The third-order valence-corrected chi connectivity index (χ3v) is 7.13. The second-order valence-corrected chi connectivity index (χ2v) is 9.52. The number of carbonyl (C=O) groups excluding carboxylic acids is 1. The molecule has 3 heterocycles. The van der Waals surface area contributed by atoms with Gasteiger partial charge < -0.3 is 14.4 Å². The fraction of sp³-hybridized carbons (Fsp3) is 0.407. The number of benzene rings is 2. The first-order chi connectivity index (χ1) is 17.3. The Kier molecular flexibility index (Phi) is 6.51. The van der Waals surface area contributed by atoms with Crippen molar-refractivity contribution in [2.45, 2.75) is 43.4 Å². The topological polar surface area (TPSA) is 56.6 Å². The summed E-state index contributed by atoms with van der Waals surface area (Å²) in [5.41, 5.74) is 1.66. The Morgan fingerprint density at radius 2 is 2.03 bits per heavy atom. The number of amides is 1. The molecule has 0 bridgehead atoms. The van der Waals surface area contributed by atoms with Gasteiger partial charge in [0.15, 0.2) is 0 Å². The molecule has 2 aromatic carbocycles. The highest BCUT2D eigenvalue weighted by molar-refractivity contribution is 5.79. The molecule has 36 heavy (non-hydrogen) atoms. The van der Waals surface area contributed by atoms with Gasteiger partial charge in [0.2, 0.25) is 11.7 Å².